The average Bonchev–Trinajstić information content (AvgIpc) is 2.78. The number of nitrogens with two attached hydrogens (primary N) is 1. The molecular weight excluding hydrogens is 304 g/mol. The quantitative estimate of drug-likeness (QED) is 0.783. The van der Waals surface area contributed by atoms with Crippen molar-refractivity contribution in [3.05, 3.63) is 22.3 Å². The number of methoxy groups -OCH3 is 1. The van der Waals surface area contributed by atoms with E-state index in [-0.39, 0.29) is 17.1 Å². The van der Waals surface area contributed by atoms with Crippen molar-refractivity contribution in [2.24, 2.45) is 5.73 Å². The van der Waals surface area contributed by atoms with Crippen LogP contribution >= 0.6 is 15.9 Å². The van der Waals surface area contributed by atoms with Crippen LogP contribution in [0.1, 0.15) is 10.5 Å². The largest absolute Gasteiger partial charge is 0.507 e. The van der Waals surface area contributed by atoms with Gasteiger partial charge in [-0.3, -0.25) is 4.79 Å². The van der Waals surface area contributed by atoms with Crippen LogP contribution in [0.2, 0.25) is 0 Å². The number of nitrogens with zero attached hydrogens (tertiary/aromatic N) is 2. The van der Waals surface area contributed by atoms with Gasteiger partial charge in [0.1, 0.15) is 17.2 Å². The molecule has 1 aromatic heterocycles. The minimum Gasteiger partial charge on any atom is -0.507 e. The Morgan fingerprint density at radius 1 is 1.50 bits per heavy atom. The van der Waals surface area contributed by atoms with Crippen LogP contribution in [0.25, 0.3) is 11.3 Å². The molecule has 0 atom stereocenters. The van der Waals surface area contributed by atoms with Gasteiger partial charge in [-0.25, -0.2) is 0 Å². The molecular formula is C10H9BrN4O3. The Bertz CT molecular complexity index is 611. The molecule has 0 spiro atoms. The van der Waals surface area contributed by atoms with E-state index in [4.69, 9.17) is 10.5 Å². The van der Waals surface area contributed by atoms with Gasteiger partial charge < -0.3 is 15.6 Å². The standard InChI is InChI=1S/C10H9BrN4O3/c1-18-7-2-4(6(16)3-5(7)11)8-9(10(12)17)14-15-13-8/h2-3,16H,1H3,(H2,12,17)(H,13,14,15). The second kappa shape index (κ2) is 4.65. The van der Waals surface area contributed by atoms with Crippen LogP contribution < -0.4 is 10.5 Å². The van der Waals surface area contributed by atoms with Gasteiger partial charge in [0.2, 0.25) is 0 Å². The molecule has 4 N–H and O–H groups in total. The molecule has 2 rings (SSSR count). The summed E-state index contributed by atoms with van der Waals surface area (Å²) in [6.45, 7) is 0. The number of hydrogen-bond donors (Lipinski definition) is 3. The SMILES string of the molecule is COc1cc(-c2n[nH]nc2C(N)=O)c(O)cc1Br. The van der Waals surface area contributed by atoms with Crippen LogP contribution in [0.5, 0.6) is 11.5 Å². The highest BCUT2D eigenvalue weighted by atomic mass is 79.9. The zero-order valence-electron chi connectivity index (χ0n) is 9.27. The van der Waals surface area contributed by atoms with E-state index in [0.29, 0.717) is 15.8 Å². The third kappa shape index (κ3) is 2.02. The maximum absolute atomic E-state index is 11.2. The second-order valence-electron chi connectivity index (χ2n) is 3.39. The number of hydrogen-bond acceptors (Lipinski definition) is 5. The number of aromatic nitrogens is 3. The number of rotatable bonds is 3. The fraction of sp³-hybridized carbons (Fsp3) is 0.100. The number of amides is 1. The molecule has 1 amide bonds. The highest BCUT2D eigenvalue weighted by Crippen LogP contribution is 2.37. The predicted octanol–water partition coefficient (Wildman–Crippen LogP) is 1.05. The summed E-state index contributed by atoms with van der Waals surface area (Å²) < 4.78 is 5.69. The Morgan fingerprint density at radius 2 is 2.22 bits per heavy atom. The summed E-state index contributed by atoms with van der Waals surface area (Å²) in [5.41, 5.74) is 5.59. The lowest BCUT2D eigenvalue weighted by Gasteiger charge is -2.07. The van der Waals surface area contributed by atoms with Gasteiger partial charge in [0.15, 0.2) is 5.69 Å². The molecule has 0 saturated heterocycles. The van der Waals surface area contributed by atoms with Gasteiger partial charge in [0.25, 0.3) is 5.91 Å². The Labute approximate surface area is 110 Å². The monoisotopic (exact) mass is 312 g/mol. The maximum Gasteiger partial charge on any atom is 0.271 e. The molecule has 0 aliphatic rings. The van der Waals surface area contributed by atoms with Crippen molar-refractivity contribution in [3.63, 3.8) is 0 Å². The van der Waals surface area contributed by atoms with Crippen LogP contribution in [0, 0.1) is 0 Å². The number of nitrogens with one attached hydrogen (secondary N) is 1. The number of benzene rings is 1. The highest BCUT2D eigenvalue weighted by Gasteiger charge is 2.19. The van der Waals surface area contributed by atoms with Crippen LogP contribution in [-0.2, 0) is 0 Å². The van der Waals surface area contributed by atoms with Crippen molar-refractivity contribution in [1.82, 2.24) is 15.4 Å². The summed E-state index contributed by atoms with van der Waals surface area (Å²) in [4.78, 5) is 11.2. The van der Waals surface area contributed by atoms with E-state index in [1.165, 1.54) is 19.2 Å². The maximum atomic E-state index is 11.2. The van der Waals surface area contributed by atoms with E-state index in [9.17, 15) is 9.90 Å². The first-order valence-corrected chi connectivity index (χ1v) is 5.61. The van der Waals surface area contributed by atoms with Crippen LogP contribution in [0.4, 0.5) is 0 Å². The van der Waals surface area contributed by atoms with E-state index in [2.05, 4.69) is 31.3 Å². The number of ether oxygens (including phenoxy) is 1. The van der Waals surface area contributed by atoms with Gasteiger partial charge in [-0.05, 0) is 28.1 Å². The van der Waals surface area contributed by atoms with E-state index < -0.39 is 5.91 Å². The van der Waals surface area contributed by atoms with Crippen molar-refractivity contribution >= 4 is 21.8 Å². The third-order valence-corrected chi connectivity index (χ3v) is 2.93. The summed E-state index contributed by atoms with van der Waals surface area (Å²) in [5.74, 6) is -0.319. The van der Waals surface area contributed by atoms with Crippen LogP contribution in [-0.4, -0.2) is 33.5 Å². The van der Waals surface area contributed by atoms with E-state index >= 15 is 0 Å². The zero-order valence-corrected chi connectivity index (χ0v) is 10.9. The van der Waals surface area contributed by atoms with Crippen molar-refractivity contribution in [1.29, 1.82) is 0 Å². The Hall–Kier alpha value is -2.09. The van der Waals surface area contributed by atoms with E-state index in [1.807, 2.05) is 0 Å². The number of primary amides is 1. The molecule has 7 nitrogen and oxygen atoms in total. The van der Waals surface area contributed by atoms with E-state index in [0.717, 1.165) is 0 Å². The fourth-order valence-electron chi connectivity index (χ4n) is 1.48. The van der Waals surface area contributed by atoms with Crippen molar-refractivity contribution in [2.75, 3.05) is 7.11 Å². The topological polar surface area (TPSA) is 114 Å². The van der Waals surface area contributed by atoms with Crippen molar-refractivity contribution in [3.8, 4) is 22.8 Å². The molecule has 0 unspecified atom stereocenters. The summed E-state index contributed by atoms with van der Waals surface area (Å²) >= 11 is 3.23. The minimum atomic E-state index is -0.736. The normalized spacial score (nSPS) is 10.3. The first kappa shape index (κ1) is 12.4. The summed E-state index contributed by atoms with van der Waals surface area (Å²) in [5, 5.41) is 19.6. The van der Waals surface area contributed by atoms with Gasteiger partial charge >= 0.3 is 0 Å². The number of H-pyrrole nitrogens is 1. The second-order valence-corrected chi connectivity index (χ2v) is 4.24. The number of carbonyl (C=O) groups excluding carboxylic acids is 1. The van der Waals surface area contributed by atoms with Crippen molar-refractivity contribution < 1.29 is 14.6 Å². The molecule has 0 bridgehead atoms. The summed E-state index contributed by atoms with van der Waals surface area (Å²) in [6.07, 6.45) is 0. The Kier molecular flexibility index (Phi) is 3.19. The lowest BCUT2D eigenvalue weighted by atomic mass is 10.1. The molecule has 1 heterocycles. The zero-order chi connectivity index (χ0) is 13.3. The Balaban J connectivity index is 2.63. The molecule has 8 heteroatoms. The summed E-state index contributed by atoms with van der Waals surface area (Å²) in [6, 6.07) is 2.97. The lowest BCUT2D eigenvalue weighted by molar-refractivity contribution is 0.0996. The summed E-state index contributed by atoms with van der Waals surface area (Å²) in [7, 11) is 1.48. The van der Waals surface area contributed by atoms with E-state index in [1.54, 1.807) is 0 Å². The number of halogens is 1. The minimum absolute atomic E-state index is 0.0466. The molecule has 1 aromatic carbocycles. The number of aromatic amines is 1. The first-order valence-electron chi connectivity index (χ1n) is 4.82. The number of phenols is 1. The molecule has 0 saturated carbocycles. The lowest BCUT2D eigenvalue weighted by Crippen LogP contribution is -2.12. The molecule has 0 aliphatic heterocycles. The molecule has 0 fully saturated rings. The van der Waals surface area contributed by atoms with Gasteiger partial charge in [-0.1, -0.05) is 0 Å². The van der Waals surface area contributed by atoms with Crippen molar-refractivity contribution in [2.45, 2.75) is 0 Å². The van der Waals surface area contributed by atoms with Gasteiger partial charge in [-0.2, -0.15) is 15.4 Å². The van der Waals surface area contributed by atoms with Gasteiger partial charge in [0, 0.05) is 0 Å². The molecule has 94 valence electrons. The third-order valence-electron chi connectivity index (χ3n) is 2.31. The van der Waals surface area contributed by atoms with Crippen LogP contribution in [0.15, 0.2) is 16.6 Å². The van der Waals surface area contributed by atoms with Gasteiger partial charge in [-0.15, -0.1) is 0 Å². The first-order chi connectivity index (χ1) is 8.54. The Morgan fingerprint density at radius 3 is 2.83 bits per heavy atom. The van der Waals surface area contributed by atoms with Gasteiger partial charge in [0.05, 0.1) is 17.1 Å². The molecule has 18 heavy (non-hydrogen) atoms. The molecule has 0 radical (unpaired) electrons. The number of carbonyl (C=O) groups is 1. The smallest absolute Gasteiger partial charge is 0.271 e. The van der Waals surface area contributed by atoms with Crippen LogP contribution in [0.3, 0.4) is 0 Å². The number of phenolic OH excluding ortho intramolecular Hbond substituents is 1. The fourth-order valence-corrected chi connectivity index (χ4v) is 1.97. The predicted molar refractivity (Wildman–Crippen MR) is 66.3 cm³/mol. The molecule has 2 aromatic rings. The average molecular weight is 313 g/mol. The highest BCUT2D eigenvalue weighted by molar-refractivity contribution is 9.10. The molecule has 0 aliphatic carbocycles. The number of aromatic hydroxyl groups is 1.